The first-order chi connectivity index (χ1) is 10.1. The summed E-state index contributed by atoms with van der Waals surface area (Å²) in [6.07, 6.45) is 8.13. The first-order valence-electron chi connectivity index (χ1n) is 7.45. The highest BCUT2D eigenvalue weighted by molar-refractivity contribution is 8.26. The fraction of sp³-hybridized carbons (Fsp3) is 0.500. The number of rotatable bonds is 4. The minimum Gasteiger partial charge on any atom is -0.462 e. The Morgan fingerprint density at radius 2 is 2.19 bits per heavy atom. The molecule has 3 nitrogen and oxygen atoms in total. The van der Waals surface area contributed by atoms with Crippen LogP contribution in [0.3, 0.4) is 0 Å². The molecular formula is C16H19NO2S2. The van der Waals surface area contributed by atoms with Gasteiger partial charge in [0, 0.05) is 12.6 Å². The molecular weight excluding hydrogens is 302 g/mol. The Hall–Kier alpha value is -1.07. The predicted molar refractivity (Wildman–Crippen MR) is 89.9 cm³/mol. The van der Waals surface area contributed by atoms with Crippen molar-refractivity contribution >= 4 is 40.3 Å². The quantitative estimate of drug-likeness (QED) is 0.609. The summed E-state index contributed by atoms with van der Waals surface area (Å²) in [5.74, 6) is 2.35. The number of carbonyl (C=O) groups is 1. The summed E-state index contributed by atoms with van der Waals surface area (Å²) in [6, 6.07) is 3.77. The van der Waals surface area contributed by atoms with Crippen molar-refractivity contribution in [3.8, 4) is 0 Å². The number of hydrogen-bond donors (Lipinski definition) is 0. The van der Waals surface area contributed by atoms with Gasteiger partial charge in [-0.2, -0.15) is 0 Å². The van der Waals surface area contributed by atoms with E-state index in [1.165, 1.54) is 37.4 Å². The monoisotopic (exact) mass is 321 g/mol. The second-order valence-corrected chi connectivity index (χ2v) is 7.40. The highest BCUT2D eigenvalue weighted by Crippen LogP contribution is 2.34. The van der Waals surface area contributed by atoms with Crippen molar-refractivity contribution in [3.05, 3.63) is 28.6 Å². The molecule has 1 aliphatic carbocycles. The standard InChI is InChI=1S/C16H19NO2S2/c1-11-6-7-13(19-11)10-14-15(18)17(16(20)21-14)9-8-12-4-2-3-5-12/h6-7,10,12H,2-5,8-9H2,1H3. The number of amides is 1. The van der Waals surface area contributed by atoms with Crippen LogP contribution in [0.15, 0.2) is 21.5 Å². The molecule has 2 fully saturated rings. The van der Waals surface area contributed by atoms with E-state index in [1.807, 2.05) is 19.1 Å². The van der Waals surface area contributed by atoms with Gasteiger partial charge in [0.15, 0.2) is 0 Å². The number of nitrogens with zero attached hydrogens (tertiary/aromatic N) is 1. The van der Waals surface area contributed by atoms with Crippen molar-refractivity contribution < 1.29 is 9.21 Å². The van der Waals surface area contributed by atoms with Crippen LogP contribution < -0.4 is 0 Å². The summed E-state index contributed by atoms with van der Waals surface area (Å²) in [7, 11) is 0. The number of thioether (sulfide) groups is 1. The molecule has 112 valence electrons. The second kappa shape index (κ2) is 6.36. The van der Waals surface area contributed by atoms with Crippen molar-refractivity contribution in [2.24, 2.45) is 5.92 Å². The Morgan fingerprint density at radius 1 is 1.43 bits per heavy atom. The van der Waals surface area contributed by atoms with Crippen LogP contribution in [0.25, 0.3) is 6.08 Å². The van der Waals surface area contributed by atoms with Gasteiger partial charge < -0.3 is 4.42 Å². The molecule has 5 heteroatoms. The van der Waals surface area contributed by atoms with E-state index in [4.69, 9.17) is 16.6 Å². The SMILES string of the molecule is Cc1ccc(C=C2SC(=S)N(CCC3CCCC3)C2=O)o1. The molecule has 1 saturated heterocycles. The van der Waals surface area contributed by atoms with E-state index < -0.39 is 0 Å². The smallest absolute Gasteiger partial charge is 0.266 e. The maximum atomic E-state index is 12.4. The molecule has 1 saturated carbocycles. The molecule has 0 atom stereocenters. The number of hydrogen-bond acceptors (Lipinski definition) is 4. The molecule has 1 aromatic rings. The van der Waals surface area contributed by atoms with E-state index in [9.17, 15) is 4.79 Å². The van der Waals surface area contributed by atoms with Crippen molar-refractivity contribution in [3.63, 3.8) is 0 Å². The summed E-state index contributed by atoms with van der Waals surface area (Å²) >= 11 is 6.73. The highest BCUT2D eigenvalue weighted by Gasteiger charge is 2.32. The third kappa shape index (κ3) is 3.40. The largest absolute Gasteiger partial charge is 0.462 e. The van der Waals surface area contributed by atoms with Crippen LogP contribution in [-0.4, -0.2) is 21.7 Å². The molecule has 2 heterocycles. The van der Waals surface area contributed by atoms with Crippen LogP contribution >= 0.6 is 24.0 Å². The van der Waals surface area contributed by atoms with Crippen LogP contribution in [0.4, 0.5) is 0 Å². The van der Waals surface area contributed by atoms with E-state index >= 15 is 0 Å². The molecule has 0 radical (unpaired) electrons. The fourth-order valence-electron chi connectivity index (χ4n) is 2.96. The van der Waals surface area contributed by atoms with E-state index in [0.717, 1.165) is 24.6 Å². The Bertz CT molecular complexity index is 585. The zero-order valence-corrected chi connectivity index (χ0v) is 13.8. The van der Waals surface area contributed by atoms with Crippen molar-refractivity contribution in [1.29, 1.82) is 0 Å². The summed E-state index contributed by atoms with van der Waals surface area (Å²) < 4.78 is 6.18. The van der Waals surface area contributed by atoms with E-state index in [1.54, 1.807) is 11.0 Å². The third-order valence-corrected chi connectivity index (χ3v) is 5.52. The number of furan rings is 1. The van der Waals surface area contributed by atoms with Gasteiger partial charge in [0.2, 0.25) is 0 Å². The van der Waals surface area contributed by atoms with Crippen molar-refractivity contribution in [2.75, 3.05) is 6.54 Å². The molecule has 1 amide bonds. The average molecular weight is 321 g/mol. The zero-order valence-electron chi connectivity index (χ0n) is 12.1. The maximum absolute atomic E-state index is 12.4. The predicted octanol–water partition coefficient (Wildman–Crippen LogP) is 4.37. The lowest BCUT2D eigenvalue weighted by Gasteiger charge is -2.17. The Labute approximate surface area is 134 Å². The van der Waals surface area contributed by atoms with Crippen molar-refractivity contribution in [2.45, 2.75) is 39.0 Å². The summed E-state index contributed by atoms with van der Waals surface area (Å²) in [4.78, 5) is 14.9. The van der Waals surface area contributed by atoms with Crippen LogP contribution in [0.2, 0.25) is 0 Å². The molecule has 0 unspecified atom stereocenters. The van der Waals surface area contributed by atoms with Crippen LogP contribution in [-0.2, 0) is 4.79 Å². The maximum Gasteiger partial charge on any atom is 0.266 e. The minimum atomic E-state index is 0.0250. The van der Waals surface area contributed by atoms with E-state index in [0.29, 0.717) is 15.0 Å². The molecule has 1 aliphatic heterocycles. The Morgan fingerprint density at radius 3 is 2.86 bits per heavy atom. The van der Waals surface area contributed by atoms with Gasteiger partial charge in [-0.05, 0) is 31.4 Å². The fourth-order valence-corrected chi connectivity index (χ4v) is 4.25. The van der Waals surface area contributed by atoms with Gasteiger partial charge in [-0.3, -0.25) is 9.69 Å². The molecule has 2 aliphatic rings. The van der Waals surface area contributed by atoms with E-state index in [-0.39, 0.29) is 5.91 Å². The van der Waals surface area contributed by atoms with Crippen LogP contribution in [0, 0.1) is 12.8 Å². The van der Waals surface area contributed by atoms with Gasteiger partial charge >= 0.3 is 0 Å². The second-order valence-electron chi connectivity index (χ2n) is 5.72. The summed E-state index contributed by atoms with van der Waals surface area (Å²) in [5.41, 5.74) is 0. The number of thiocarbonyl (C=S) groups is 1. The Kier molecular flexibility index (Phi) is 4.50. The van der Waals surface area contributed by atoms with Crippen molar-refractivity contribution in [1.82, 2.24) is 4.90 Å². The summed E-state index contributed by atoms with van der Waals surface area (Å²) in [6.45, 7) is 2.65. The van der Waals surface area contributed by atoms with Crippen LogP contribution in [0.5, 0.6) is 0 Å². The topological polar surface area (TPSA) is 33.5 Å². The first kappa shape index (κ1) is 14.9. The van der Waals surface area contributed by atoms with Gasteiger partial charge in [0.1, 0.15) is 15.8 Å². The molecule has 0 aromatic carbocycles. The van der Waals surface area contributed by atoms with Gasteiger partial charge in [0.05, 0.1) is 4.91 Å². The van der Waals surface area contributed by atoms with E-state index in [2.05, 4.69) is 0 Å². The van der Waals surface area contributed by atoms with Crippen LogP contribution in [0.1, 0.15) is 43.6 Å². The highest BCUT2D eigenvalue weighted by atomic mass is 32.2. The molecule has 1 aromatic heterocycles. The average Bonchev–Trinajstić information content (AvgIpc) is 3.14. The lowest BCUT2D eigenvalue weighted by molar-refractivity contribution is -0.122. The van der Waals surface area contributed by atoms with Gasteiger partial charge in [-0.1, -0.05) is 49.7 Å². The van der Waals surface area contributed by atoms with Gasteiger partial charge in [-0.25, -0.2) is 0 Å². The molecule has 21 heavy (non-hydrogen) atoms. The molecule has 0 spiro atoms. The lowest BCUT2D eigenvalue weighted by atomic mass is 10.0. The summed E-state index contributed by atoms with van der Waals surface area (Å²) in [5, 5.41) is 0. The number of aryl methyl sites for hydroxylation is 1. The third-order valence-electron chi connectivity index (χ3n) is 4.14. The first-order valence-corrected chi connectivity index (χ1v) is 8.68. The molecule has 0 N–H and O–H groups in total. The van der Waals surface area contributed by atoms with Gasteiger partial charge in [-0.15, -0.1) is 0 Å². The minimum absolute atomic E-state index is 0.0250. The molecule has 3 rings (SSSR count). The molecule has 0 bridgehead atoms. The van der Waals surface area contributed by atoms with Gasteiger partial charge in [0.25, 0.3) is 5.91 Å². The number of carbonyl (C=O) groups excluding carboxylic acids is 1. The lowest BCUT2D eigenvalue weighted by Crippen LogP contribution is -2.30. The Balaban J connectivity index is 1.65. The normalized spacial score (nSPS) is 22.0. The zero-order chi connectivity index (χ0) is 14.8.